The Bertz CT molecular complexity index is 695. The summed E-state index contributed by atoms with van der Waals surface area (Å²) in [4.78, 5) is 5.63. The number of rotatable bonds is 2. The molecule has 90 valence electrons. The molecular weight excluding hydrogens is 266 g/mol. The summed E-state index contributed by atoms with van der Waals surface area (Å²) in [6.07, 6.45) is 0. The Hall–Kier alpha value is -1.62. The molecule has 18 heavy (non-hydrogen) atoms. The highest BCUT2D eigenvalue weighted by Gasteiger charge is 2.09. The lowest BCUT2D eigenvalue weighted by Crippen LogP contribution is -2.09. The van der Waals surface area contributed by atoms with E-state index in [4.69, 9.17) is 17.4 Å². The van der Waals surface area contributed by atoms with Crippen molar-refractivity contribution in [1.29, 1.82) is 0 Å². The van der Waals surface area contributed by atoms with Crippen LogP contribution in [0.5, 0.6) is 0 Å². The molecule has 0 bridgehead atoms. The number of hydrogen-bond donors (Lipinski definition) is 2. The van der Waals surface area contributed by atoms with E-state index in [9.17, 15) is 0 Å². The molecule has 0 aliphatic rings. The highest BCUT2D eigenvalue weighted by molar-refractivity contribution is 7.13. The Morgan fingerprint density at radius 1 is 1.22 bits per heavy atom. The van der Waals surface area contributed by atoms with Crippen molar-refractivity contribution in [3.05, 3.63) is 46.8 Å². The third kappa shape index (κ3) is 1.95. The van der Waals surface area contributed by atoms with Gasteiger partial charge in [0.15, 0.2) is 0 Å². The Morgan fingerprint density at radius 3 is 2.83 bits per heavy atom. The van der Waals surface area contributed by atoms with Crippen molar-refractivity contribution in [3.8, 4) is 10.4 Å². The monoisotopic (exact) mass is 275 g/mol. The zero-order valence-electron chi connectivity index (χ0n) is 9.35. The number of nitrogen functional groups attached to an aromatic ring is 1. The maximum absolute atomic E-state index is 6.00. The van der Waals surface area contributed by atoms with E-state index in [0.717, 1.165) is 21.3 Å². The van der Waals surface area contributed by atoms with E-state index in [2.05, 4.69) is 16.5 Å². The van der Waals surface area contributed by atoms with Crippen LogP contribution in [0.3, 0.4) is 0 Å². The SMILES string of the molecule is NNc1nc2ccc(Cl)cc2cc1-c1cccs1. The lowest BCUT2D eigenvalue weighted by molar-refractivity contribution is 1.27. The molecule has 1 aromatic carbocycles. The third-order valence-corrected chi connectivity index (χ3v) is 3.84. The Balaban J connectivity index is 2.29. The summed E-state index contributed by atoms with van der Waals surface area (Å²) in [6, 6.07) is 11.7. The van der Waals surface area contributed by atoms with E-state index in [0.29, 0.717) is 10.8 Å². The molecule has 0 saturated heterocycles. The summed E-state index contributed by atoms with van der Waals surface area (Å²) >= 11 is 7.65. The predicted molar refractivity (Wildman–Crippen MR) is 77.9 cm³/mol. The molecule has 0 atom stereocenters. The van der Waals surface area contributed by atoms with Crippen LogP contribution < -0.4 is 11.3 Å². The largest absolute Gasteiger partial charge is 0.308 e. The summed E-state index contributed by atoms with van der Waals surface area (Å²) in [5, 5.41) is 3.73. The van der Waals surface area contributed by atoms with E-state index in [-0.39, 0.29) is 0 Å². The minimum atomic E-state index is 0.673. The number of fused-ring (bicyclic) bond motifs is 1. The van der Waals surface area contributed by atoms with Crippen LogP contribution in [0.2, 0.25) is 5.02 Å². The molecule has 3 N–H and O–H groups in total. The van der Waals surface area contributed by atoms with Gasteiger partial charge < -0.3 is 5.43 Å². The lowest BCUT2D eigenvalue weighted by Gasteiger charge is -2.08. The van der Waals surface area contributed by atoms with Crippen LogP contribution in [0.1, 0.15) is 0 Å². The average Bonchev–Trinajstić information content (AvgIpc) is 2.90. The summed E-state index contributed by atoms with van der Waals surface area (Å²) in [7, 11) is 0. The number of thiophene rings is 1. The maximum Gasteiger partial charge on any atom is 0.149 e. The van der Waals surface area contributed by atoms with Gasteiger partial charge in [-0.1, -0.05) is 17.7 Å². The van der Waals surface area contributed by atoms with Crippen LogP contribution in [0.4, 0.5) is 5.82 Å². The Labute approximate surface area is 113 Å². The second-order valence-corrected chi connectivity index (χ2v) is 5.23. The third-order valence-electron chi connectivity index (χ3n) is 2.70. The van der Waals surface area contributed by atoms with Gasteiger partial charge in [0.2, 0.25) is 0 Å². The van der Waals surface area contributed by atoms with Gasteiger partial charge >= 0.3 is 0 Å². The predicted octanol–water partition coefficient (Wildman–Crippen LogP) is 3.90. The molecule has 0 unspecified atom stereocenters. The van der Waals surface area contributed by atoms with Gasteiger partial charge in [0.1, 0.15) is 5.82 Å². The van der Waals surface area contributed by atoms with Crippen molar-refractivity contribution in [1.82, 2.24) is 4.98 Å². The van der Waals surface area contributed by atoms with Crippen molar-refractivity contribution in [2.75, 3.05) is 5.43 Å². The van der Waals surface area contributed by atoms with E-state index >= 15 is 0 Å². The minimum absolute atomic E-state index is 0.673. The molecular formula is C13H10ClN3S. The Kier molecular flexibility index (Phi) is 2.91. The van der Waals surface area contributed by atoms with Crippen LogP contribution in [0.25, 0.3) is 21.3 Å². The van der Waals surface area contributed by atoms with Gasteiger partial charge in [0.25, 0.3) is 0 Å². The first kappa shape index (κ1) is 11.5. The van der Waals surface area contributed by atoms with Gasteiger partial charge in [-0.15, -0.1) is 11.3 Å². The van der Waals surface area contributed by atoms with Crippen molar-refractivity contribution >= 4 is 39.7 Å². The fourth-order valence-corrected chi connectivity index (χ4v) is 2.80. The maximum atomic E-state index is 6.00. The molecule has 0 aliphatic heterocycles. The summed E-state index contributed by atoms with van der Waals surface area (Å²) < 4.78 is 0. The summed E-state index contributed by atoms with van der Waals surface area (Å²) in [6.45, 7) is 0. The first-order valence-corrected chi connectivity index (χ1v) is 6.64. The first-order valence-electron chi connectivity index (χ1n) is 5.39. The Morgan fingerprint density at radius 2 is 2.11 bits per heavy atom. The number of nitrogens with two attached hydrogens (primary N) is 1. The van der Waals surface area contributed by atoms with Gasteiger partial charge in [0.05, 0.1) is 5.52 Å². The smallest absolute Gasteiger partial charge is 0.149 e. The molecule has 0 aliphatic carbocycles. The standard InChI is InChI=1S/C13H10ClN3S/c14-9-3-4-11-8(6-9)7-10(13(16-11)17-15)12-2-1-5-18-12/h1-7H,15H2,(H,16,17). The highest BCUT2D eigenvalue weighted by atomic mass is 35.5. The van der Waals surface area contributed by atoms with E-state index in [1.165, 1.54) is 0 Å². The number of anilines is 1. The fourth-order valence-electron chi connectivity index (χ4n) is 1.88. The van der Waals surface area contributed by atoms with Crippen molar-refractivity contribution in [2.45, 2.75) is 0 Å². The number of aromatic nitrogens is 1. The molecule has 2 aromatic heterocycles. The van der Waals surface area contributed by atoms with Crippen molar-refractivity contribution < 1.29 is 0 Å². The number of halogens is 1. The first-order chi connectivity index (χ1) is 8.78. The summed E-state index contributed by atoms with van der Waals surface area (Å²) in [5.74, 6) is 6.22. The van der Waals surface area contributed by atoms with Crippen LogP contribution in [0, 0.1) is 0 Å². The van der Waals surface area contributed by atoms with E-state index < -0.39 is 0 Å². The fraction of sp³-hybridized carbons (Fsp3) is 0. The number of nitrogens with one attached hydrogen (secondary N) is 1. The number of hydrogen-bond acceptors (Lipinski definition) is 4. The molecule has 2 heterocycles. The molecule has 0 amide bonds. The van der Waals surface area contributed by atoms with Crippen LogP contribution in [0.15, 0.2) is 41.8 Å². The van der Waals surface area contributed by atoms with E-state index in [1.54, 1.807) is 11.3 Å². The van der Waals surface area contributed by atoms with Gasteiger partial charge in [-0.25, -0.2) is 10.8 Å². The molecule has 3 nitrogen and oxygen atoms in total. The van der Waals surface area contributed by atoms with Crippen LogP contribution in [-0.2, 0) is 0 Å². The second-order valence-electron chi connectivity index (χ2n) is 3.84. The van der Waals surface area contributed by atoms with Crippen LogP contribution >= 0.6 is 22.9 Å². The van der Waals surface area contributed by atoms with Gasteiger partial charge in [-0.2, -0.15) is 0 Å². The average molecular weight is 276 g/mol. The number of benzene rings is 1. The van der Waals surface area contributed by atoms with E-state index in [1.807, 2.05) is 35.7 Å². The normalized spacial score (nSPS) is 10.8. The highest BCUT2D eigenvalue weighted by Crippen LogP contribution is 2.33. The number of nitrogens with zero attached hydrogens (tertiary/aromatic N) is 1. The molecule has 3 aromatic rings. The molecule has 0 fully saturated rings. The molecule has 0 radical (unpaired) electrons. The quantitative estimate of drug-likeness (QED) is 0.551. The lowest BCUT2D eigenvalue weighted by atomic mass is 10.1. The zero-order chi connectivity index (χ0) is 12.5. The topological polar surface area (TPSA) is 50.9 Å². The summed E-state index contributed by atoms with van der Waals surface area (Å²) in [5.41, 5.74) is 4.51. The van der Waals surface area contributed by atoms with Gasteiger partial charge in [-0.05, 0) is 35.7 Å². The van der Waals surface area contributed by atoms with Gasteiger partial charge in [0, 0.05) is 20.8 Å². The number of hydrazine groups is 1. The number of pyridine rings is 1. The zero-order valence-corrected chi connectivity index (χ0v) is 10.9. The van der Waals surface area contributed by atoms with Crippen LogP contribution in [-0.4, -0.2) is 4.98 Å². The minimum Gasteiger partial charge on any atom is -0.308 e. The molecule has 0 spiro atoms. The molecule has 5 heteroatoms. The van der Waals surface area contributed by atoms with Crippen molar-refractivity contribution in [2.24, 2.45) is 5.84 Å². The molecule has 0 saturated carbocycles. The second kappa shape index (κ2) is 4.57. The van der Waals surface area contributed by atoms with Crippen molar-refractivity contribution in [3.63, 3.8) is 0 Å². The molecule has 3 rings (SSSR count). The van der Waals surface area contributed by atoms with Gasteiger partial charge in [-0.3, -0.25) is 0 Å².